The molecule has 0 spiro atoms. The number of carbonyl (C=O) groups excluding carboxylic acids is 2. The molecular formula is C20H20F2N2O2. The second kappa shape index (κ2) is 7.74. The van der Waals surface area contributed by atoms with Gasteiger partial charge in [-0.05, 0) is 75.4 Å². The molecule has 0 saturated carbocycles. The van der Waals surface area contributed by atoms with E-state index in [0.717, 1.165) is 13.1 Å². The maximum atomic E-state index is 14.2. The van der Waals surface area contributed by atoms with E-state index in [1.54, 1.807) is 0 Å². The van der Waals surface area contributed by atoms with E-state index in [1.807, 2.05) is 7.05 Å². The van der Waals surface area contributed by atoms with Crippen molar-refractivity contribution in [1.82, 2.24) is 4.90 Å². The third-order valence-corrected chi connectivity index (χ3v) is 4.69. The average molecular weight is 358 g/mol. The number of Topliss-reactive ketones (excluding diaryl/α,β-unsaturated/α-hetero) is 1. The SMILES string of the molecule is CN1CCC(C(=O)c2cc(NC(=O)c3ccc(F)cc3)ccc2F)CC1. The van der Waals surface area contributed by atoms with Gasteiger partial charge in [-0.25, -0.2) is 8.78 Å². The zero-order valence-electron chi connectivity index (χ0n) is 14.5. The minimum Gasteiger partial charge on any atom is -0.322 e. The molecule has 3 rings (SSSR count). The number of nitrogens with one attached hydrogen (secondary N) is 1. The van der Waals surface area contributed by atoms with Crippen molar-refractivity contribution in [2.75, 3.05) is 25.5 Å². The molecule has 0 aromatic heterocycles. The number of ketones is 1. The number of hydrogen-bond donors (Lipinski definition) is 1. The van der Waals surface area contributed by atoms with E-state index in [2.05, 4.69) is 10.2 Å². The third kappa shape index (κ3) is 4.14. The Labute approximate surface area is 150 Å². The summed E-state index contributed by atoms with van der Waals surface area (Å²) in [5, 5.41) is 2.62. The second-order valence-corrected chi connectivity index (χ2v) is 6.60. The van der Waals surface area contributed by atoms with Crippen LogP contribution in [0.4, 0.5) is 14.5 Å². The number of rotatable bonds is 4. The van der Waals surface area contributed by atoms with Gasteiger partial charge in [-0.15, -0.1) is 0 Å². The molecule has 1 amide bonds. The van der Waals surface area contributed by atoms with E-state index in [9.17, 15) is 18.4 Å². The number of anilines is 1. The molecule has 1 aliphatic rings. The van der Waals surface area contributed by atoms with Crippen LogP contribution in [0.15, 0.2) is 42.5 Å². The van der Waals surface area contributed by atoms with E-state index in [-0.39, 0.29) is 22.8 Å². The summed E-state index contributed by atoms with van der Waals surface area (Å²) >= 11 is 0. The number of halogens is 2. The molecular weight excluding hydrogens is 338 g/mol. The quantitative estimate of drug-likeness (QED) is 0.847. The first-order valence-corrected chi connectivity index (χ1v) is 8.53. The molecule has 0 unspecified atom stereocenters. The lowest BCUT2D eigenvalue weighted by Gasteiger charge is -2.28. The van der Waals surface area contributed by atoms with Gasteiger partial charge in [0.05, 0.1) is 5.56 Å². The summed E-state index contributed by atoms with van der Waals surface area (Å²) < 4.78 is 27.1. The summed E-state index contributed by atoms with van der Waals surface area (Å²) in [6.45, 7) is 1.61. The number of carbonyl (C=O) groups is 2. The Morgan fingerprint density at radius 2 is 1.69 bits per heavy atom. The van der Waals surface area contributed by atoms with Crippen LogP contribution in [0.25, 0.3) is 0 Å². The number of nitrogens with zero attached hydrogens (tertiary/aromatic N) is 1. The summed E-state index contributed by atoms with van der Waals surface area (Å²) in [6.07, 6.45) is 1.39. The molecule has 1 heterocycles. The van der Waals surface area contributed by atoms with E-state index in [1.165, 1.54) is 42.5 Å². The highest BCUT2D eigenvalue weighted by atomic mass is 19.1. The highest BCUT2D eigenvalue weighted by Gasteiger charge is 2.26. The fourth-order valence-corrected chi connectivity index (χ4v) is 3.09. The predicted molar refractivity (Wildman–Crippen MR) is 95.3 cm³/mol. The lowest BCUT2D eigenvalue weighted by Crippen LogP contribution is -2.33. The Bertz CT molecular complexity index is 813. The minimum absolute atomic E-state index is 0.00328. The van der Waals surface area contributed by atoms with Crippen molar-refractivity contribution in [1.29, 1.82) is 0 Å². The molecule has 1 fully saturated rings. The van der Waals surface area contributed by atoms with Crippen molar-refractivity contribution in [2.45, 2.75) is 12.8 Å². The Kier molecular flexibility index (Phi) is 5.42. The first-order chi connectivity index (χ1) is 12.4. The largest absolute Gasteiger partial charge is 0.322 e. The number of amides is 1. The van der Waals surface area contributed by atoms with Gasteiger partial charge in [0.1, 0.15) is 11.6 Å². The van der Waals surface area contributed by atoms with Crippen molar-refractivity contribution < 1.29 is 18.4 Å². The molecule has 26 heavy (non-hydrogen) atoms. The molecule has 0 atom stereocenters. The highest BCUT2D eigenvalue weighted by Crippen LogP contribution is 2.24. The molecule has 1 N–H and O–H groups in total. The van der Waals surface area contributed by atoms with Crippen LogP contribution in [0, 0.1) is 17.6 Å². The maximum absolute atomic E-state index is 14.2. The second-order valence-electron chi connectivity index (χ2n) is 6.60. The van der Waals surface area contributed by atoms with Gasteiger partial charge in [0.25, 0.3) is 5.91 Å². The molecule has 0 radical (unpaired) electrons. The molecule has 1 saturated heterocycles. The molecule has 2 aromatic rings. The van der Waals surface area contributed by atoms with Crippen molar-refractivity contribution in [3.8, 4) is 0 Å². The van der Waals surface area contributed by atoms with Crippen LogP contribution in [0.1, 0.15) is 33.6 Å². The zero-order chi connectivity index (χ0) is 18.7. The van der Waals surface area contributed by atoms with Crippen molar-refractivity contribution in [3.05, 3.63) is 65.2 Å². The lowest BCUT2D eigenvalue weighted by atomic mass is 9.88. The summed E-state index contributed by atoms with van der Waals surface area (Å²) in [7, 11) is 1.99. The summed E-state index contributed by atoms with van der Waals surface area (Å²) in [5.41, 5.74) is 0.604. The third-order valence-electron chi connectivity index (χ3n) is 4.69. The smallest absolute Gasteiger partial charge is 0.255 e. The molecule has 6 heteroatoms. The number of piperidine rings is 1. The molecule has 0 aliphatic carbocycles. The van der Waals surface area contributed by atoms with Crippen LogP contribution in [-0.4, -0.2) is 36.7 Å². The van der Waals surface area contributed by atoms with Crippen molar-refractivity contribution in [2.24, 2.45) is 5.92 Å². The van der Waals surface area contributed by atoms with Crippen LogP contribution >= 0.6 is 0 Å². The lowest BCUT2D eigenvalue weighted by molar-refractivity contribution is 0.0852. The maximum Gasteiger partial charge on any atom is 0.255 e. The molecule has 2 aromatic carbocycles. The number of benzene rings is 2. The van der Waals surface area contributed by atoms with Crippen LogP contribution in [-0.2, 0) is 0 Å². The Balaban J connectivity index is 1.75. The standard InChI is InChI=1S/C20H20F2N2O2/c1-24-10-8-13(9-11-24)19(25)17-12-16(6-7-18(17)22)23-20(26)14-2-4-15(21)5-3-14/h2-7,12-13H,8-11H2,1H3,(H,23,26). The first-order valence-electron chi connectivity index (χ1n) is 8.53. The highest BCUT2D eigenvalue weighted by molar-refractivity contribution is 6.05. The van der Waals surface area contributed by atoms with E-state index in [4.69, 9.17) is 0 Å². The van der Waals surface area contributed by atoms with Gasteiger partial charge < -0.3 is 10.2 Å². The van der Waals surface area contributed by atoms with E-state index < -0.39 is 17.5 Å². The molecule has 136 valence electrons. The fraction of sp³-hybridized carbons (Fsp3) is 0.300. The van der Waals surface area contributed by atoms with E-state index in [0.29, 0.717) is 18.5 Å². The monoisotopic (exact) mass is 358 g/mol. The predicted octanol–water partition coefficient (Wildman–Crippen LogP) is 3.74. The van der Waals surface area contributed by atoms with Gasteiger partial charge in [0, 0.05) is 17.2 Å². The Morgan fingerprint density at radius 3 is 2.35 bits per heavy atom. The van der Waals surface area contributed by atoms with Crippen LogP contribution in [0.2, 0.25) is 0 Å². The fourth-order valence-electron chi connectivity index (χ4n) is 3.09. The van der Waals surface area contributed by atoms with E-state index >= 15 is 0 Å². The molecule has 1 aliphatic heterocycles. The van der Waals surface area contributed by atoms with Crippen molar-refractivity contribution in [3.63, 3.8) is 0 Å². The van der Waals surface area contributed by atoms with Gasteiger partial charge in [-0.2, -0.15) is 0 Å². The van der Waals surface area contributed by atoms with Gasteiger partial charge in [0.2, 0.25) is 0 Å². The summed E-state index contributed by atoms with van der Waals surface area (Å²) in [5.74, 6) is -1.91. The Hall–Kier alpha value is -2.60. The topological polar surface area (TPSA) is 49.4 Å². The summed E-state index contributed by atoms with van der Waals surface area (Å²) in [6, 6.07) is 9.06. The Morgan fingerprint density at radius 1 is 1.04 bits per heavy atom. The average Bonchev–Trinajstić information content (AvgIpc) is 2.64. The number of likely N-dealkylation sites (tertiary alicyclic amines) is 1. The summed E-state index contributed by atoms with van der Waals surface area (Å²) in [4.78, 5) is 27.0. The van der Waals surface area contributed by atoms with Crippen molar-refractivity contribution >= 4 is 17.4 Å². The van der Waals surface area contributed by atoms with Gasteiger partial charge in [0.15, 0.2) is 5.78 Å². The van der Waals surface area contributed by atoms with Crippen LogP contribution in [0.3, 0.4) is 0 Å². The van der Waals surface area contributed by atoms with Gasteiger partial charge >= 0.3 is 0 Å². The molecule has 4 nitrogen and oxygen atoms in total. The number of hydrogen-bond acceptors (Lipinski definition) is 3. The van der Waals surface area contributed by atoms with Crippen LogP contribution in [0.5, 0.6) is 0 Å². The van der Waals surface area contributed by atoms with Gasteiger partial charge in [-0.1, -0.05) is 0 Å². The molecule has 0 bridgehead atoms. The zero-order valence-corrected chi connectivity index (χ0v) is 14.5. The first kappa shape index (κ1) is 18.2. The minimum atomic E-state index is -0.589. The van der Waals surface area contributed by atoms with Crippen LogP contribution < -0.4 is 5.32 Å². The van der Waals surface area contributed by atoms with Gasteiger partial charge in [-0.3, -0.25) is 9.59 Å². The normalized spacial score (nSPS) is 15.7.